The van der Waals surface area contributed by atoms with Gasteiger partial charge < -0.3 is 21.3 Å². The van der Waals surface area contributed by atoms with Crippen molar-refractivity contribution in [3.63, 3.8) is 0 Å². The molecule has 17 heavy (non-hydrogen) atoms. The summed E-state index contributed by atoms with van der Waals surface area (Å²) in [6.45, 7) is 0.199. The molecule has 3 unspecified atom stereocenters. The van der Waals surface area contributed by atoms with Gasteiger partial charge in [-0.25, -0.2) is 0 Å². The molecule has 0 amide bonds. The van der Waals surface area contributed by atoms with Crippen molar-refractivity contribution in [2.24, 2.45) is 17.4 Å². The van der Waals surface area contributed by atoms with Crippen molar-refractivity contribution in [1.29, 1.82) is 0 Å². The van der Waals surface area contributed by atoms with E-state index in [4.69, 9.17) is 16.2 Å². The molecule has 100 valence electrons. The number of ether oxygens (including phenoxy) is 1. The van der Waals surface area contributed by atoms with Gasteiger partial charge in [-0.1, -0.05) is 0 Å². The van der Waals surface area contributed by atoms with Crippen LogP contribution in [0.2, 0.25) is 0 Å². The highest BCUT2D eigenvalue weighted by Crippen LogP contribution is 2.30. The highest BCUT2D eigenvalue weighted by Gasteiger charge is 2.31. The quantitative estimate of drug-likeness (QED) is 0.682. The summed E-state index contributed by atoms with van der Waals surface area (Å²) in [7, 11) is 0. The highest BCUT2D eigenvalue weighted by molar-refractivity contribution is 4.84. The van der Waals surface area contributed by atoms with Gasteiger partial charge in [0.1, 0.15) is 0 Å². The summed E-state index contributed by atoms with van der Waals surface area (Å²) in [4.78, 5) is 0. The lowest BCUT2D eigenvalue weighted by atomic mass is 9.83. The van der Waals surface area contributed by atoms with Crippen LogP contribution in [0.1, 0.15) is 44.9 Å². The van der Waals surface area contributed by atoms with Crippen LogP contribution < -0.4 is 11.5 Å². The molecule has 0 saturated heterocycles. The maximum absolute atomic E-state index is 9.40. The van der Waals surface area contributed by atoms with E-state index in [2.05, 4.69) is 0 Å². The first kappa shape index (κ1) is 13.3. The van der Waals surface area contributed by atoms with Gasteiger partial charge in [0.2, 0.25) is 0 Å². The molecule has 0 heterocycles. The van der Waals surface area contributed by atoms with E-state index in [0.29, 0.717) is 12.1 Å². The minimum atomic E-state index is 0.199. The number of aliphatic hydroxyl groups is 1. The molecule has 0 bridgehead atoms. The molecule has 0 aromatic rings. The predicted octanol–water partition coefficient (Wildman–Crippen LogP) is 0.761. The normalized spacial score (nSPS) is 43.6. The average molecular weight is 242 g/mol. The van der Waals surface area contributed by atoms with Gasteiger partial charge in [0, 0.05) is 24.6 Å². The van der Waals surface area contributed by atoms with E-state index in [9.17, 15) is 5.11 Å². The maximum atomic E-state index is 9.40. The third-order valence-electron chi connectivity index (χ3n) is 4.27. The number of aliphatic hydroxyl groups excluding tert-OH is 1. The molecule has 0 radical (unpaired) electrons. The minimum Gasteiger partial charge on any atom is -0.396 e. The fourth-order valence-corrected chi connectivity index (χ4v) is 3.12. The number of hydrogen-bond acceptors (Lipinski definition) is 4. The van der Waals surface area contributed by atoms with Crippen molar-refractivity contribution in [3.8, 4) is 0 Å². The van der Waals surface area contributed by atoms with Gasteiger partial charge in [-0.15, -0.1) is 0 Å². The largest absolute Gasteiger partial charge is 0.396 e. The van der Waals surface area contributed by atoms with Crippen molar-refractivity contribution < 1.29 is 9.84 Å². The van der Waals surface area contributed by atoms with Crippen LogP contribution in [0.5, 0.6) is 0 Å². The van der Waals surface area contributed by atoms with E-state index >= 15 is 0 Å². The zero-order valence-corrected chi connectivity index (χ0v) is 10.6. The molecule has 2 fully saturated rings. The zero-order valence-electron chi connectivity index (χ0n) is 10.6. The Morgan fingerprint density at radius 2 is 1.59 bits per heavy atom. The Kier molecular flexibility index (Phi) is 4.79. The number of nitrogens with two attached hydrogens (primary N) is 2. The van der Waals surface area contributed by atoms with Crippen molar-refractivity contribution in [2.75, 3.05) is 6.61 Å². The maximum Gasteiger partial charge on any atom is 0.0630 e. The second kappa shape index (κ2) is 6.14. The van der Waals surface area contributed by atoms with Crippen LogP contribution in [0.4, 0.5) is 0 Å². The van der Waals surface area contributed by atoms with Crippen molar-refractivity contribution in [1.82, 2.24) is 0 Å². The van der Waals surface area contributed by atoms with Gasteiger partial charge >= 0.3 is 0 Å². The lowest BCUT2D eigenvalue weighted by Crippen LogP contribution is -2.42. The highest BCUT2D eigenvalue weighted by atomic mass is 16.5. The summed E-state index contributed by atoms with van der Waals surface area (Å²) in [6.07, 6.45) is 7.75. The first-order valence-electron chi connectivity index (χ1n) is 6.96. The van der Waals surface area contributed by atoms with E-state index < -0.39 is 0 Å². The molecular weight excluding hydrogens is 216 g/mol. The molecule has 0 aliphatic heterocycles. The Balaban J connectivity index is 1.80. The van der Waals surface area contributed by atoms with E-state index in [-0.39, 0.29) is 24.7 Å². The van der Waals surface area contributed by atoms with E-state index in [1.165, 1.54) is 0 Å². The Labute approximate surface area is 104 Å². The first-order valence-corrected chi connectivity index (χ1v) is 6.96. The zero-order chi connectivity index (χ0) is 12.3. The number of rotatable bonds is 3. The van der Waals surface area contributed by atoms with Crippen LogP contribution in [0.15, 0.2) is 0 Å². The van der Waals surface area contributed by atoms with Gasteiger partial charge in [-0.05, 0) is 44.9 Å². The van der Waals surface area contributed by atoms with Crippen molar-refractivity contribution in [3.05, 3.63) is 0 Å². The van der Waals surface area contributed by atoms with Gasteiger partial charge in [-0.3, -0.25) is 0 Å². The fraction of sp³-hybridized carbons (Fsp3) is 1.00. The molecule has 3 atom stereocenters. The Bertz CT molecular complexity index is 229. The summed E-state index contributed by atoms with van der Waals surface area (Å²) in [5, 5.41) is 9.40. The Morgan fingerprint density at radius 1 is 0.941 bits per heavy atom. The molecule has 2 aliphatic rings. The Hall–Kier alpha value is -0.160. The van der Waals surface area contributed by atoms with Gasteiger partial charge in [-0.2, -0.15) is 0 Å². The predicted molar refractivity (Wildman–Crippen MR) is 67.5 cm³/mol. The summed E-state index contributed by atoms with van der Waals surface area (Å²) in [5.41, 5.74) is 11.8. The molecule has 4 heteroatoms. The molecule has 2 aliphatic carbocycles. The van der Waals surface area contributed by atoms with Gasteiger partial charge in [0.05, 0.1) is 12.2 Å². The molecule has 0 aromatic carbocycles. The van der Waals surface area contributed by atoms with Gasteiger partial charge in [0.15, 0.2) is 0 Å². The third kappa shape index (κ3) is 3.65. The summed E-state index contributed by atoms with van der Waals surface area (Å²) >= 11 is 0. The summed E-state index contributed by atoms with van der Waals surface area (Å²) in [5.74, 6) is 0.231. The molecule has 2 saturated carbocycles. The summed E-state index contributed by atoms with van der Waals surface area (Å²) in [6, 6.07) is 0.607. The fourth-order valence-electron chi connectivity index (χ4n) is 3.12. The topological polar surface area (TPSA) is 81.5 Å². The molecule has 2 rings (SSSR count). The van der Waals surface area contributed by atoms with Crippen LogP contribution in [0.25, 0.3) is 0 Å². The third-order valence-corrected chi connectivity index (χ3v) is 4.27. The molecular formula is C13H26N2O2. The minimum absolute atomic E-state index is 0.199. The lowest BCUT2D eigenvalue weighted by Gasteiger charge is -2.37. The van der Waals surface area contributed by atoms with E-state index in [0.717, 1.165) is 44.9 Å². The van der Waals surface area contributed by atoms with Crippen LogP contribution in [0, 0.1) is 5.92 Å². The van der Waals surface area contributed by atoms with Crippen LogP contribution >= 0.6 is 0 Å². The molecule has 4 nitrogen and oxygen atoms in total. The Morgan fingerprint density at radius 3 is 2.24 bits per heavy atom. The first-order chi connectivity index (χ1) is 8.19. The smallest absolute Gasteiger partial charge is 0.0630 e. The van der Waals surface area contributed by atoms with Crippen LogP contribution in [-0.4, -0.2) is 36.0 Å². The molecule has 0 aromatic heterocycles. The van der Waals surface area contributed by atoms with Crippen molar-refractivity contribution in [2.45, 2.75) is 69.2 Å². The van der Waals surface area contributed by atoms with Crippen LogP contribution in [-0.2, 0) is 4.74 Å². The lowest BCUT2D eigenvalue weighted by molar-refractivity contribution is -0.0858. The number of hydrogen-bond donors (Lipinski definition) is 3. The monoisotopic (exact) mass is 242 g/mol. The summed E-state index contributed by atoms with van der Waals surface area (Å²) < 4.78 is 6.16. The second-order valence-corrected chi connectivity index (χ2v) is 5.73. The van der Waals surface area contributed by atoms with Crippen LogP contribution in [0.3, 0.4) is 0 Å². The molecule has 5 N–H and O–H groups in total. The standard InChI is InChI=1S/C13H26N2O2/c14-10-1-4-12(5-2-10)17-13-6-3-11(15)7-9(13)8-16/h9-13,16H,1-8,14-15H2. The van der Waals surface area contributed by atoms with Crippen molar-refractivity contribution >= 4 is 0 Å². The SMILES string of the molecule is NC1CCC(OC2CCC(N)CC2CO)CC1. The second-order valence-electron chi connectivity index (χ2n) is 5.73. The van der Waals surface area contributed by atoms with E-state index in [1.807, 2.05) is 0 Å². The van der Waals surface area contributed by atoms with E-state index in [1.54, 1.807) is 0 Å². The molecule has 0 spiro atoms. The average Bonchev–Trinajstić information content (AvgIpc) is 2.34. The van der Waals surface area contributed by atoms with Gasteiger partial charge in [0.25, 0.3) is 0 Å².